The number of ether oxygens (including phenoxy) is 1. The first kappa shape index (κ1) is 26.2. The Morgan fingerprint density at radius 3 is 2.47 bits per heavy atom. The second-order valence-corrected chi connectivity index (χ2v) is 8.32. The second kappa shape index (κ2) is 11.3. The molecule has 0 spiro atoms. The van der Waals surface area contributed by atoms with Crippen LogP contribution in [-0.4, -0.2) is 43.2 Å². The number of thiol groups is 1. The summed E-state index contributed by atoms with van der Waals surface area (Å²) in [4.78, 5) is 42.2. The van der Waals surface area contributed by atoms with E-state index in [4.69, 9.17) is 10.00 Å². The molecule has 36 heavy (non-hydrogen) atoms. The lowest BCUT2D eigenvalue weighted by atomic mass is 10.1. The highest BCUT2D eigenvalue weighted by molar-refractivity contribution is 7.98. The molecular weight excluding hydrogens is 512 g/mol. The SMILES string of the molecule is CSc1nc(NC(Cc2ccc(S)cc2)C(=O)O)c([N+](=O)[O-])c(Oc2ccc(C#N)c([N+](=O)[O-])c2)n1. The quantitative estimate of drug-likeness (QED) is 0.112. The van der Waals surface area contributed by atoms with Crippen LogP contribution in [0.15, 0.2) is 52.5 Å². The molecule has 1 unspecified atom stereocenters. The van der Waals surface area contributed by atoms with E-state index in [9.17, 15) is 30.1 Å². The van der Waals surface area contributed by atoms with Crippen LogP contribution in [0.2, 0.25) is 0 Å². The molecule has 2 N–H and O–H groups in total. The van der Waals surface area contributed by atoms with Crippen molar-refractivity contribution in [1.29, 1.82) is 5.26 Å². The third-order valence-electron chi connectivity index (χ3n) is 4.68. The molecule has 0 saturated heterocycles. The molecule has 0 bridgehead atoms. The molecule has 2 aromatic carbocycles. The summed E-state index contributed by atoms with van der Waals surface area (Å²) in [6, 6.07) is 10.4. The number of nitrogens with one attached hydrogen (secondary N) is 1. The number of nitriles is 1. The normalized spacial score (nSPS) is 11.2. The van der Waals surface area contributed by atoms with Gasteiger partial charge in [-0.3, -0.25) is 20.2 Å². The minimum absolute atomic E-state index is 0.0183. The van der Waals surface area contributed by atoms with Gasteiger partial charge in [-0.05, 0) is 36.1 Å². The Kier molecular flexibility index (Phi) is 8.25. The lowest BCUT2D eigenvalue weighted by Gasteiger charge is -2.17. The zero-order chi connectivity index (χ0) is 26.4. The van der Waals surface area contributed by atoms with E-state index in [0.29, 0.717) is 10.5 Å². The van der Waals surface area contributed by atoms with Gasteiger partial charge < -0.3 is 15.2 Å². The number of nitro groups is 2. The van der Waals surface area contributed by atoms with Gasteiger partial charge in [0, 0.05) is 11.3 Å². The molecule has 184 valence electrons. The van der Waals surface area contributed by atoms with Gasteiger partial charge in [0.05, 0.1) is 15.9 Å². The number of carboxylic acids is 1. The second-order valence-electron chi connectivity index (χ2n) is 7.03. The molecule has 0 amide bonds. The van der Waals surface area contributed by atoms with E-state index in [-0.39, 0.29) is 22.9 Å². The monoisotopic (exact) mass is 528 g/mol. The van der Waals surface area contributed by atoms with E-state index in [0.717, 1.165) is 23.9 Å². The highest BCUT2D eigenvalue weighted by Crippen LogP contribution is 2.38. The number of aliphatic carboxylic acids is 1. The van der Waals surface area contributed by atoms with Gasteiger partial charge in [0.2, 0.25) is 5.82 Å². The number of thioether (sulfide) groups is 1. The minimum Gasteiger partial charge on any atom is -0.480 e. The Bertz CT molecular complexity index is 1380. The third-order valence-corrected chi connectivity index (χ3v) is 5.53. The van der Waals surface area contributed by atoms with Crippen LogP contribution >= 0.6 is 24.4 Å². The van der Waals surface area contributed by atoms with Crippen molar-refractivity contribution in [1.82, 2.24) is 9.97 Å². The summed E-state index contributed by atoms with van der Waals surface area (Å²) in [6.07, 6.45) is 1.56. The number of carbonyl (C=O) groups is 1. The molecule has 1 aromatic heterocycles. The molecule has 0 aliphatic heterocycles. The summed E-state index contributed by atoms with van der Waals surface area (Å²) in [5.74, 6) is -2.45. The molecule has 3 rings (SSSR count). The number of hydrogen-bond donors (Lipinski definition) is 3. The Morgan fingerprint density at radius 1 is 1.22 bits per heavy atom. The van der Waals surface area contributed by atoms with Gasteiger partial charge in [-0.15, -0.1) is 12.6 Å². The lowest BCUT2D eigenvalue weighted by Crippen LogP contribution is -2.32. The molecule has 0 aliphatic rings. The predicted molar refractivity (Wildman–Crippen MR) is 131 cm³/mol. The molecule has 1 atom stereocenters. The van der Waals surface area contributed by atoms with Crippen molar-refractivity contribution < 1.29 is 24.5 Å². The van der Waals surface area contributed by atoms with Crippen molar-refractivity contribution in [3.8, 4) is 17.7 Å². The number of anilines is 1. The number of benzene rings is 2. The van der Waals surface area contributed by atoms with Gasteiger partial charge in [0.1, 0.15) is 23.4 Å². The fraction of sp³-hybridized carbons (Fsp3) is 0.143. The summed E-state index contributed by atoms with van der Waals surface area (Å²) < 4.78 is 5.50. The zero-order valence-electron chi connectivity index (χ0n) is 18.3. The number of hydrogen-bond acceptors (Lipinski definition) is 12. The van der Waals surface area contributed by atoms with Crippen LogP contribution in [0.4, 0.5) is 17.2 Å². The first-order chi connectivity index (χ1) is 17.1. The van der Waals surface area contributed by atoms with E-state index in [1.54, 1.807) is 36.6 Å². The van der Waals surface area contributed by atoms with Gasteiger partial charge in [-0.2, -0.15) is 15.2 Å². The molecule has 0 saturated carbocycles. The topological polar surface area (TPSA) is 194 Å². The minimum atomic E-state index is -1.30. The molecule has 15 heteroatoms. The van der Waals surface area contributed by atoms with Gasteiger partial charge in [0.15, 0.2) is 5.16 Å². The largest absolute Gasteiger partial charge is 0.480 e. The number of rotatable bonds is 10. The average Bonchev–Trinajstić information content (AvgIpc) is 2.84. The smallest absolute Gasteiger partial charge is 0.373 e. The summed E-state index contributed by atoms with van der Waals surface area (Å²) in [6.45, 7) is 0. The molecule has 3 aromatic rings. The maximum atomic E-state index is 11.9. The zero-order valence-corrected chi connectivity index (χ0v) is 20.0. The Balaban J connectivity index is 2.04. The van der Waals surface area contributed by atoms with Crippen molar-refractivity contribution in [2.24, 2.45) is 0 Å². The number of nitrogens with zero attached hydrogens (tertiary/aromatic N) is 5. The summed E-state index contributed by atoms with van der Waals surface area (Å²) >= 11 is 5.20. The van der Waals surface area contributed by atoms with E-state index in [1.807, 2.05) is 0 Å². The van der Waals surface area contributed by atoms with Crippen molar-refractivity contribution in [2.45, 2.75) is 22.5 Å². The Morgan fingerprint density at radius 2 is 1.92 bits per heavy atom. The van der Waals surface area contributed by atoms with Crippen LogP contribution in [0.3, 0.4) is 0 Å². The van der Waals surface area contributed by atoms with Gasteiger partial charge in [-0.25, -0.2) is 4.79 Å². The van der Waals surface area contributed by atoms with Crippen molar-refractivity contribution in [3.05, 3.63) is 73.8 Å². The molecular formula is C21H16N6O7S2. The van der Waals surface area contributed by atoms with Crippen molar-refractivity contribution >= 4 is 47.6 Å². The van der Waals surface area contributed by atoms with E-state index in [1.165, 1.54) is 6.07 Å². The number of carboxylic acid groups (broad SMARTS) is 1. The fourth-order valence-corrected chi connectivity index (χ4v) is 3.51. The van der Waals surface area contributed by atoms with Crippen LogP contribution in [0.1, 0.15) is 11.1 Å². The van der Waals surface area contributed by atoms with Crippen LogP contribution in [0.25, 0.3) is 0 Å². The lowest BCUT2D eigenvalue weighted by molar-refractivity contribution is -0.385. The molecule has 0 aliphatic carbocycles. The third kappa shape index (κ3) is 6.17. The first-order valence-electron chi connectivity index (χ1n) is 9.87. The molecule has 1 heterocycles. The van der Waals surface area contributed by atoms with E-state index in [2.05, 4.69) is 27.9 Å². The molecule has 0 fully saturated rings. The summed E-state index contributed by atoms with van der Waals surface area (Å²) in [5.41, 5.74) is -0.923. The number of aromatic nitrogens is 2. The Hall–Kier alpha value is -4.42. The highest BCUT2D eigenvalue weighted by atomic mass is 32.2. The maximum Gasteiger partial charge on any atom is 0.373 e. The van der Waals surface area contributed by atoms with Crippen molar-refractivity contribution in [2.75, 3.05) is 11.6 Å². The van der Waals surface area contributed by atoms with Gasteiger partial charge in [0.25, 0.3) is 5.69 Å². The average molecular weight is 529 g/mol. The summed E-state index contributed by atoms with van der Waals surface area (Å²) in [7, 11) is 0. The van der Waals surface area contributed by atoms with Crippen LogP contribution in [0.5, 0.6) is 11.6 Å². The van der Waals surface area contributed by atoms with Crippen LogP contribution in [-0.2, 0) is 11.2 Å². The summed E-state index contributed by atoms with van der Waals surface area (Å²) in [5, 5.41) is 44.6. The van der Waals surface area contributed by atoms with Crippen LogP contribution < -0.4 is 10.1 Å². The maximum absolute atomic E-state index is 11.9. The Labute approximate surface area is 212 Å². The van der Waals surface area contributed by atoms with E-state index >= 15 is 0 Å². The predicted octanol–water partition coefficient (Wildman–Crippen LogP) is 4.08. The molecule has 0 radical (unpaired) electrons. The standard InChI is InChI=1S/C21H16N6O7S2/c1-36-21-24-18(23-15(20(28)29)8-11-2-6-14(35)7-3-11)17(27(32)33)19(25-21)34-13-5-4-12(10-22)16(9-13)26(30)31/h2-7,9,15,35H,8H2,1H3,(H,28,29)(H,23,24,25). The molecule has 13 nitrogen and oxygen atoms in total. The number of nitro benzene ring substituents is 1. The highest BCUT2D eigenvalue weighted by Gasteiger charge is 2.31. The fourth-order valence-electron chi connectivity index (χ4n) is 3.01. The first-order valence-corrected chi connectivity index (χ1v) is 11.5. The van der Waals surface area contributed by atoms with Crippen molar-refractivity contribution in [3.63, 3.8) is 0 Å². The van der Waals surface area contributed by atoms with E-state index < -0.39 is 44.9 Å². The van der Waals surface area contributed by atoms with Crippen LogP contribution in [0, 0.1) is 31.6 Å². The van der Waals surface area contributed by atoms with Gasteiger partial charge >= 0.3 is 17.5 Å². The van der Waals surface area contributed by atoms with Gasteiger partial charge in [-0.1, -0.05) is 23.9 Å².